The Labute approximate surface area is 164 Å². The second-order valence-electron chi connectivity index (χ2n) is 5.25. The average molecular weight is 406 g/mol. The largest absolute Gasteiger partial charge is 0.495 e. The number of rotatable bonds is 6. The van der Waals surface area contributed by atoms with E-state index in [-0.39, 0.29) is 17.3 Å². The minimum Gasteiger partial charge on any atom is -0.495 e. The molecule has 0 amide bonds. The van der Waals surface area contributed by atoms with Crippen molar-refractivity contribution < 1.29 is 9.66 Å². The van der Waals surface area contributed by atoms with Gasteiger partial charge in [-0.05, 0) is 30.3 Å². The second-order valence-corrected chi connectivity index (χ2v) is 6.09. The molecule has 0 radical (unpaired) electrons. The zero-order valence-corrected chi connectivity index (χ0v) is 15.5. The molecule has 0 fully saturated rings. The lowest BCUT2D eigenvalue weighted by Crippen LogP contribution is -2.06. The van der Waals surface area contributed by atoms with E-state index in [2.05, 4.69) is 20.6 Å². The molecular formula is C17H13Cl2N5O3. The number of para-hydroxylation sites is 2. The number of methoxy groups -OCH3 is 1. The standard InChI is InChI=1S/C17H13Cl2N5O3/c1-27-14-5-3-2-4-13(14)23-17-15(24(25)26)16(20-9-21-17)22-12-7-6-10(18)8-11(12)19/h2-9H,1H3,(H2,20,21,22,23). The van der Waals surface area contributed by atoms with Crippen molar-refractivity contribution in [2.75, 3.05) is 17.7 Å². The van der Waals surface area contributed by atoms with Gasteiger partial charge < -0.3 is 15.4 Å². The van der Waals surface area contributed by atoms with E-state index in [1.165, 1.54) is 19.5 Å². The number of hydrogen-bond donors (Lipinski definition) is 2. The zero-order valence-electron chi connectivity index (χ0n) is 13.9. The van der Waals surface area contributed by atoms with Crippen LogP contribution in [-0.4, -0.2) is 22.0 Å². The molecule has 138 valence electrons. The molecule has 1 heterocycles. The number of aromatic nitrogens is 2. The van der Waals surface area contributed by atoms with Crippen LogP contribution in [0.1, 0.15) is 0 Å². The van der Waals surface area contributed by atoms with Gasteiger partial charge in [-0.15, -0.1) is 0 Å². The smallest absolute Gasteiger partial charge is 0.353 e. The number of halogens is 2. The quantitative estimate of drug-likeness (QED) is 0.429. The summed E-state index contributed by atoms with van der Waals surface area (Å²) in [6, 6.07) is 11.7. The summed E-state index contributed by atoms with van der Waals surface area (Å²) in [5, 5.41) is 18.2. The number of nitro groups is 1. The molecule has 0 aliphatic carbocycles. The molecule has 0 bridgehead atoms. The van der Waals surface area contributed by atoms with Crippen molar-refractivity contribution in [3.63, 3.8) is 0 Å². The first-order chi connectivity index (χ1) is 13.0. The summed E-state index contributed by atoms with van der Waals surface area (Å²) in [4.78, 5) is 19.1. The van der Waals surface area contributed by atoms with Crippen molar-refractivity contribution in [3.8, 4) is 5.75 Å². The van der Waals surface area contributed by atoms with Gasteiger partial charge in [0.25, 0.3) is 0 Å². The number of anilines is 4. The highest BCUT2D eigenvalue weighted by molar-refractivity contribution is 6.36. The summed E-state index contributed by atoms with van der Waals surface area (Å²) in [5.41, 5.74) is 0.609. The van der Waals surface area contributed by atoms with Gasteiger partial charge in [-0.2, -0.15) is 0 Å². The fourth-order valence-electron chi connectivity index (χ4n) is 2.33. The summed E-state index contributed by atoms with van der Waals surface area (Å²) in [6.07, 6.45) is 1.21. The molecule has 0 saturated carbocycles. The van der Waals surface area contributed by atoms with Gasteiger partial charge in [0.05, 0.1) is 28.4 Å². The predicted octanol–water partition coefficient (Wildman–Crippen LogP) is 5.19. The van der Waals surface area contributed by atoms with Gasteiger partial charge in [-0.25, -0.2) is 9.97 Å². The van der Waals surface area contributed by atoms with Crippen LogP contribution >= 0.6 is 23.2 Å². The fourth-order valence-corrected chi connectivity index (χ4v) is 2.78. The van der Waals surface area contributed by atoms with Gasteiger partial charge in [-0.3, -0.25) is 10.1 Å². The molecule has 27 heavy (non-hydrogen) atoms. The maximum absolute atomic E-state index is 11.7. The van der Waals surface area contributed by atoms with Crippen molar-refractivity contribution in [1.82, 2.24) is 9.97 Å². The molecule has 2 N–H and O–H groups in total. The lowest BCUT2D eigenvalue weighted by atomic mass is 10.2. The monoisotopic (exact) mass is 405 g/mol. The molecule has 1 aromatic heterocycles. The molecule has 10 heteroatoms. The van der Waals surface area contributed by atoms with Crippen LogP contribution in [0.15, 0.2) is 48.8 Å². The van der Waals surface area contributed by atoms with E-state index in [9.17, 15) is 10.1 Å². The van der Waals surface area contributed by atoms with E-state index in [0.29, 0.717) is 27.2 Å². The second kappa shape index (κ2) is 8.07. The van der Waals surface area contributed by atoms with Crippen LogP contribution in [0.2, 0.25) is 10.0 Å². The Kier molecular flexibility index (Phi) is 5.58. The Morgan fingerprint density at radius 3 is 2.33 bits per heavy atom. The molecule has 0 spiro atoms. The summed E-state index contributed by atoms with van der Waals surface area (Å²) in [6.45, 7) is 0. The van der Waals surface area contributed by atoms with Crippen LogP contribution in [0, 0.1) is 10.1 Å². The first kappa shape index (κ1) is 18.7. The molecule has 3 aromatic rings. The number of benzene rings is 2. The van der Waals surface area contributed by atoms with Gasteiger partial charge in [-0.1, -0.05) is 35.3 Å². The highest BCUT2D eigenvalue weighted by Gasteiger charge is 2.24. The van der Waals surface area contributed by atoms with E-state index >= 15 is 0 Å². The maximum Gasteiger partial charge on any atom is 0.353 e. The van der Waals surface area contributed by atoms with Crippen LogP contribution in [0.5, 0.6) is 5.75 Å². The van der Waals surface area contributed by atoms with E-state index < -0.39 is 4.92 Å². The first-order valence-corrected chi connectivity index (χ1v) is 8.36. The van der Waals surface area contributed by atoms with Crippen LogP contribution in [-0.2, 0) is 0 Å². The van der Waals surface area contributed by atoms with Crippen LogP contribution in [0.3, 0.4) is 0 Å². The van der Waals surface area contributed by atoms with Crippen molar-refractivity contribution in [2.24, 2.45) is 0 Å². The molecule has 2 aromatic carbocycles. The molecule has 3 rings (SSSR count). The molecule has 8 nitrogen and oxygen atoms in total. The van der Waals surface area contributed by atoms with Crippen LogP contribution in [0.25, 0.3) is 0 Å². The Bertz CT molecular complexity index is 1000. The Balaban J connectivity index is 2.01. The van der Waals surface area contributed by atoms with E-state index in [1.807, 2.05) is 0 Å². The Morgan fingerprint density at radius 2 is 1.70 bits per heavy atom. The van der Waals surface area contributed by atoms with Gasteiger partial charge in [0.15, 0.2) is 0 Å². The van der Waals surface area contributed by atoms with Crippen LogP contribution < -0.4 is 15.4 Å². The average Bonchev–Trinajstić information content (AvgIpc) is 2.64. The normalized spacial score (nSPS) is 10.3. The number of hydrogen-bond acceptors (Lipinski definition) is 7. The SMILES string of the molecule is COc1ccccc1Nc1ncnc(Nc2ccc(Cl)cc2Cl)c1[N+](=O)[O-]. The third-order valence-electron chi connectivity index (χ3n) is 3.55. The maximum atomic E-state index is 11.7. The lowest BCUT2D eigenvalue weighted by molar-refractivity contribution is -0.383. The highest BCUT2D eigenvalue weighted by Crippen LogP contribution is 2.36. The van der Waals surface area contributed by atoms with Gasteiger partial charge in [0, 0.05) is 5.02 Å². The molecule has 0 atom stereocenters. The van der Waals surface area contributed by atoms with E-state index in [4.69, 9.17) is 27.9 Å². The third kappa shape index (κ3) is 4.18. The summed E-state index contributed by atoms with van der Waals surface area (Å²) in [5.74, 6) is 0.504. The topological polar surface area (TPSA) is 102 Å². The number of nitrogens with zero attached hydrogens (tertiary/aromatic N) is 3. The van der Waals surface area contributed by atoms with Crippen molar-refractivity contribution >= 4 is 51.9 Å². The molecule has 0 saturated heterocycles. The van der Waals surface area contributed by atoms with Gasteiger partial charge in [0.1, 0.15) is 12.1 Å². The summed E-state index contributed by atoms with van der Waals surface area (Å²) < 4.78 is 5.25. The van der Waals surface area contributed by atoms with Gasteiger partial charge >= 0.3 is 5.69 Å². The molecular weight excluding hydrogens is 393 g/mol. The Morgan fingerprint density at radius 1 is 1.04 bits per heavy atom. The van der Waals surface area contributed by atoms with Crippen molar-refractivity contribution in [3.05, 3.63) is 69.0 Å². The van der Waals surface area contributed by atoms with E-state index in [0.717, 1.165) is 0 Å². The molecule has 0 aliphatic heterocycles. The number of ether oxygens (including phenoxy) is 1. The summed E-state index contributed by atoms with van der Waals surface area (Å²) >= 11 is 12.0. The minimum atomic E-state index is -0.579. The first-order valence-electron chi connectivity index (χ1n) is 7.61. The number of nitrogens with one attached hydrogen (secondary N) is 2. The van der Waals surface area contributed by atoms with Crippen LogP contribution in [0.4, 0.5) is 28.7 Å². The third-order valence-corrected chi connectivity index (χ3v) is 4.10. The lowest BCUT2D eigenvalue weighted by Gasteiger charge is -2.12. The fraction of sp³-hybridized carbons (Fsp3) is 0.0588. The van der Waals surface area contributed by atoms with Crippen molar-refractivity contribution in [1.29, 1.82) is 0 Å². The minimum absolute atomic E-state index is 0.00656. The van der Waals surface area contributed by atoms with Crippen molar-refractivity contribution in [2.45, 2.75) is 0 Å². The molecule has 0 unspecified atom stereocenters. The predicted molar refractivity (Wildman–Crippen MR) is 105 cm³/mol. The van der Waals surface area contributed by atoms with E-state index in [1.54, 1.807) is 36.4 Å². The highest BCUT2D eigenvalue weighted by atomic mass is 35.5. The summed E-state index contributed by atoms with van der Waals surface area (Å²) in [7, 11) is 1.50. The molecule has 0 aliphatic rings. The Hall–Kier alpha value is -3.10. The van der Waals surface area contributed by atoms with Gasteiger partial charge in [0.2, 0.25) is 11.6 Å². The zero-order chi connectivity index (χ0) is 19.4.